The monoisotopic (exact) mass is 430 g/mol. The number of anilines is 2. The number of hydrogen-bond donors (Lipinski definition) is 3. The second-order valence-corrected chi connectivity index (χ2v) is 9.02. The Morgan fingerprint density at radius 1 is 1.10 bits per heavy atom. The van der Waals surface area contributed by atoms with Gasteiger partial charge in [-0.05, 0) is 54.3 Å². The zero-order valence-corrected chi connectivity index (χ0v) is 17.4. The van der Waals surface area contributed by atoms with Crippen molar-refractivity contribution in [2.24, 2.45) is 0 Å². The van der Waals surface area contributed by atoms with Crippen LogP contribution in [0.25, 0.3) is 10.8 Å². The fraction of sp³-hybridized carbons (Fsp3) is 0.0909. The van der Waals surface area contributed by atoms with Crippen molar-refractivity contribution in [3.63, 3.8) is 0 Å². The second kappa shape index (κ2) is 8.38. The summed E-state index contributed by atoms with van der Waals surface area (Å²) in [6.45, 7) is 1.74. The third kappa shape index (κ3) is 4.60. The van der Waals surface area contributed by atoms with Crippen LogP contribution < -0.4 is 10.9 Å². The average molecular weight is 430 g/mol. The lowest BCUT2D eigenvalue weighted by Crippen LogP contribution is -2.05. The molecule has 3 N–H and O–H groups in total. The van der Waals surface area contributed by atoms with E-state index in [1.54, 1.807) is 49.6 Å². The van der Waals surface area contributed by atoms with E-state index in [9.17, 15) is 9.00 Å². The molecule has 154 valence electrons. The molecule has 0 saturated heterocycles. The van der Waals surface area contributed by atoms with E-state index in [0.29, 0.717) is 22.1 Å². The van der Waals surface area contributed by atoms with Gasteiger partial charge in [0.25, 0.3) is 5.56 Å². The highest BCUT2D eigenvalue weighted by Crippen LogP contribution is 2.23. The summed E-state index contributed by atoms with van der Waals surface area (Å²) >= 11 is 0. The van der Waals surface area contributed by atoms with Crippen LogP contribution in [0.5, 0.6) is 0 Å². The van der Waals surface area contributed by atoms with Crippen LogP contribution in [-0.4, -0.2) is 30.1 Å². The van der Waals surface area contributed by atoms with Gasteiger partial charge in [0, 0.05) is 45.6 Å². The molecule has 9 heteroatoms. The Balaban J connectivity index is 1.64. The van der Waals surface area contributed by atoms with E-state index in [-0.39, 0.29) is 11.3 Å². The van der Waals surface area contributed by atoms with Gasteiger partial charge in [-0.25, -0.2) is 24.1 Å². The van der Waals surface area contributed by atoms with Crippen molar-refractivity contribution in [3.8, 4) is 11.8 Å². The van der Waals surface area contributed by atoms with E-state index in [4.69, 9.17) is 4.78 Å². The van der Waals surface area contributed by atoms with Gasteiger partial charge < -0.3 is 5.32 Å². The quantitative estimate of drug-likeness (QED) is 0.427. The minimum absolute atomic E-state index is 0.275. The van der Waals surface area contributed by atoms with E-state index >= 15 is 0 Å². The summed E-state index contributed by atoms with van der Waals surface area (Å²) < 4.78 is 20.1. The van der Waals surface area contributed by atoms with Gasteiger partial charge in [0.2, 0.25) is 0 Å². The van der Waals surface area contributed by atoms with Crippen molar-refractivity contribution >= 4 is 32.0 Å². The Hall–Kier alpha value is -4.03. The molecule has 0 aliphatic heterocycles. The van der Waals surface area contributed by atoms with Gasteiger partial charge >= 0.3 is 0 Å². The van der Waals surface area contributed by atoms with Gasteiger partial charge in [0.1, 0.15) is 17.2 Å². The van der Waals surface area contributed by atoms with Crippen molar-refractivity contribution < 1.29 is 4.21 Å². The standard InChI is InChI=1S/C22H18N6O2S/c1-2-31(23,30)18-7-3-16(4-8-18)26-21-13-19-15(14-25-21)11-12-24-20(19)9-5-17-6-10-22(29)28-27-17/h3-4,6-8,10-14,23H,2H2,1H3,(H,25,26)(H,28,29). The minimum atomic E-state index is -2.75. The van der Waals surface area contributed by atoms with Crippen LogP contribution in [0.4, 0.5) is 11.5 Å². The summed E-state index contributed by atoms with van der Waals surface area (Å²) in [6, 6.07) is 13.5. The number of aromatic nitrogens is 4. The Morgan fingerprint density at radius 3 is 2.61 bits per heavy atom. The fourth-order valence-corrected chi connectivity index (χ4v) is 3.75. The van der Waals surface area contributed by atoms with Gasteiger partial charge in [-0.1, -0.05) is 6.92 Å². The van der Waals surface area contributed by atoms with Gasteiger partial charge in [-0.2, -0.15) is 5.10 Å². The van der Waals surface area contributed by atoms with Crippen LogP contribution in [0.1, 0.15) is 18.3 Å². The van der Waals surface area contributed by atoms with E-state index < -0.39 is 9.73 Å². The average Bonchev–Trinajstić information content (AvgIpc) is 2.79. The molecule has 0 aliphatic rings. The molecule has 0 spiro atoms. The lowest BCUT2D eigenvalue weighted by atomic mass is 10.1. The number of benzene rings is 1. The maximum absolute atomic E-state index is 12.2. The fourth-order valence-electron chi connectivity index (χ4n) is 2.84. The number of pyridine rings is 2. The number of aromatic amines is 1. The largest absolute Gasteiger partial charge is 0.340 e. The lowest BCUT2D eigenvalue weighted by molar-refractivity contribution is 0.675. The SMILES string of the molecule is CCS(=N)(=O)c1ccc(Nc2cc3c(C#Cc4ccc(=O)[nH]n4)nccc3cn2)cc1. The third-order valence-corrected chi connectivity index (χ3v) is 6.40. The second-order valence-electron chi connectivity index (χ2n) is 6.62. The van der Waals surface area contributed by atoms with Crippen LogP contribution in [0.2, 0.25) is 0 Å². The van der Waals surface area contributed by atoms with Crippen molar-refractivity contribution in [2.75, 3.05) is 11.1 Å². The normalized spacial score (nSPS) is 12.5. The zero-order valence-electron chi connectivity index (χ0n) is 16.5. The molecule has 31 heavy (non-hydrogen) atoms. The molecule has 4 aromatic rings. The van der Waals surface area contributed by atoms with Crippen LogP contribution >= 0.6 is 0 Å². The van der Waals surface area contributed by atoms with Gasteiger partial charge in [-0.15, -0.1) is 0 Å². The molecule has 0 aliphatic carbocycles. The number of nitrogens with zero attached hydrogens (tertiary/aromatic N) is 3. The van der Waals surface area contributed by atoms with E-state index in [2.05, 4.69) is 37.3 Å². The first-order valence-corrected chi connectivity index (χ1v) is 11.1. The molecule has 0 saturated carbocycles. The van der Waals surface area contributed by atoms with Gasteiger partial charge in [0.05, 0.1) is 9.73 Å². The summed E-state index contributed by atoms with van der Waals surface area (Å²) in [5.41, 5.74) is 1.46. The van der Waals surface area contributed by atoms with E-state index in [0.717, 1.165) is 16.5 Å². The Labute approximate surface area is 178 Å². The smallest absolute Gasteiger partial charge is 0.264 e. The molecule has 0 amide bonds. The molecule has 1 unspecified atom stereocenters. The van der Waals surface area contributed by atoms with Crippen molar-refractivity contribution in [2.45, 2.75) is 11.8 Å². The Morgan fingerprint density at radius 2 is 1.90 bits per heavy atom. The maximum atomic E-state index is 12.2. The van der Waals surface area contributed by atoms with E-state index in [1.807, 2.05) is 12.1 Å². The van der Waals surface area contributed by atoms with Gasteiger partial charge in [-0.3, -0.25) is 4.79 Å². The van der Waals surface area contributed by atoms with Crippen LogP contribution in [-0.2, 0) is 9.73 Å². The summed E-state index contributed by atoms with van der Waals surface area (Å²) in [5, 5.41) is 11.1. The number of H-pyrrole nitrogens is 1. The minimum Gasteiger partial charge on any atom is -0.340 e. The van der Waals surface area contributed by atoms with E-state index in [1.165, 1.54) is 6.07 Å². The summed E-state index contributed by atoms with van der Waals surface area (Å²) in [7, 11) is -2.75. The number of fused-ring (bicyclic) bond motifs is 1. The molecular formula is C22H18N6O2S. The summed E-state index contributed by atoms with van der Waals surface area (Å²) in [4.78, 5) is 20.4. The number of nitrogens with one attached hydrogen (secondary N) is 3. The first-order valence-electron chi connectivity index (χ1n) is 9.41. The predicted octanol–water partition coefficient (Wildman–Crippen LogP) is 3.28. The van der Waals surface area contributed by atoms with Crippen molar-refractivity contribution in [1.82, 2.24) is 20.2 Å². The van der Waals surface area contributed by atoms with Crippen molar-refractivity contribution in [1.29, 1.82) is 4.78 Å². The molecule has 0 bridgehead atoms. The zero-order chi connectivity index (χ0) is 21.8. The first kappa shape index (κ1) is 20.3. The molecule has 0 radical (unpaired) electrons. The Kier molecular flexibility index (Phi) is 5.47. The molecule has 4 rings (SSSR count). The van der Waals surface area contributed by atoms with Crippen LogP contribution in [0, 0.1) is 16.6 Å². The van der Waals surface area contributed by atoms with Crippen LogP contribution in [0.15, 0.2) is 70.6 Å². The molecule has 3 aromatic heterocycles. The summed E-state index contributed by atoms with van der Waals surface area (Å²) in [5.74, 6) is 6.76. The highest BCUT2D eigenvalue weighted by atomic mass is 32.2. The molecule has 1 atom stereocenters. The highest BCUT2D eigenvalue weighted by molar-refractivity contribution is 7.92. The molecule has 3 heterocycles. The molecule has 1 aromatic carbocycles. The molecule has 0 fully saturated rings. The third-order valence-electron chi connectivity index (χ3n) is 4.55. The lowest BCUT2D eigenvalue weighted by Gasteiger charge is -2.09. The Bertz CT molecular complexity index is 1460. The topological polar surface area (TPSA) is 124 Å². The predicted molar refractivity (Wildman–Crippen MR) is 120 cm³/mol. The molecule has 8 nitrogen and oxygen atoms in total. The molecular weight excluding hydrogens is 412 g/mol. The number of rotatable bonds is 4. The van der Waals surface area contributed by atoms with Crippen molar-refractivity contribution in [3.05, 3.63) is 82.7 Å². The van der Waals surface area contributed by atoms with Gasteiger partial charge in [0.15, 0.2) is 0 Å². The highest BCUT2D eigenvalue weighted by Gasteiger charge is 2.08. The maximum Gasteiger partial charge on any atom is 0.264 e. The van der Waals surface area contributed by atoms with Crippen LogP contribution in [0.3, 0.4) is 0 Å². The first-order chi connectivity index (χ1) is 14.9. The number of hydrogen-bond acceptors (Lipinski definition) is 7. The summed E-state index contributed by atoms with van der Waals surface area (Å²) in [6.07, 6.45) is 3.39.